The van der Waals surface area contributed by atoms with E-state index < -0.39 is 0 Å². The molecule has 9 heavy (non-hydrogen) atoms. The normalized spacial score (nSPS) is 8.00. The zero-order valence-corrected chi connectivity index (χ0v) is 6.89. The van der Waals surface area contributed by atoms with E-state index in [-0.39, 0.29) is 8.41 Å². The molecule has 0 saturated carbocycles. The van der Waals surface area contributed by atoms with Crippen molar-refractivity contribution in [2.45, 2.75) is 39.8 Å². The van der Waals surface area contributed by atoms with Gasteiger partial charge in [0.15, 0.2) is 0 Å². The smallest absolute Gasteiger partial charge is 0 e. The van der Waals surface area contributed by atoms with E-state index in [9.17, 15) is 0 Å². The lowest BCUT2D eigenvalue weighted by Gasteiger charge is -1.81. The van der Waals surface area contributed by atoms with Crippen molar-refractivity contribution >= 4 is 8.41 Å². The Morgan fingerprint density at radius 2 is 0.778 bits per heavy atom. The summed E-state index contributed by atoms with van der Waals surface area (Å²) in [5, 5.41) is 0. The van der Waals surface area contributed by atoms with Gasteiger partial charge in [-0.05, 0) is 12.1 Å². The third-order valence-electron chi connectivity index (χ3n) is 0. The van der Waals surface area contributed by atoms with Crippen LogP contribution in [0.1, 0.15) is 27.7 Å². The summed E-state index contributed by atoms with van der Waals surface area (Å²) in [5.74, 6) is 0. The highest BCUT2D eigenvalue weighted by Crippen LogP contribution is 1.58. The van der Waals surface area contributed by atoms with Gasteiger partial charge in [0, 0.05) is 8.41 Å². The van der Waals surface area contributed by atoms with Crippen molar-refractivity contribution in [2.24, 2.45) is 11.5 Å². The first kappa shape index (κ1) is 16.0. The minimum absolute atomic E-state index is 0. The number of rotatable bonds is 0. The Morgan fingerprint density at radius 3 is 0.778 bits per heavy atom. The van der Waals surface area contributed by atoms with Crippen LogP contribution in [0, 0.1) is 0 Å². The average molecular weight is 129 g/mol. The fourth-order valence-corrected chi connectivity index (χ4v) is 0. The monoisotopic (exact) mass is 129 g/mol. The van der Waals surface area contributed by atoms with Crippen LogP contribution in [0.4, 0.5) is 0 Å². The molecule has 0 unspecified atom stereocenters. The quantitative estimate of drug-likeness (QED) is 0.463. The third kappa shape index (κ3) is 1260000. The predicted molar refractivity (Wildman–Crippen MR) is 44.4 cm³/mol. The highest BCUT2D eigenvalue weighted by molar-refractivity contribution is 5.75. The molecule has 0 spiro atoms. The number of hydrogen-bond donors (Lipinski definition) is 2. The Kier molecular flexibility index (Phi) is 19.3. The van der Waals surface area contributed by atoms with Crippen molar-refractivity contribution in [2.75, 3.05) is 0 Å². The van der Waals surface area contributed by atoms with Gasteiger partial charge in [-0.15, -0.1) is 0 Å². The van der Waals surface area contributed by atoms with Crippen molar-refractivity contribution in [3.05, 3.63) is 0 Å². The van der Waals surface area contributed by atoms with E-state index in [1.807, 2.05) is 27.7 Å². The summed E-state index contributed by atoms with van der Waals surface area (Å²) in [5.41, 5.74) is 10.2. The molecule has 0 aromatic heterocycles. The lowest BCUT2D eigenvalue weighted by Crippen LogP contribution is -2.07. The van der Waals surface area contributed by atoms with Gasteiger partial charge in [-0.3, -0.25) is 0 Å². The summed E-state index contributed by atoms with van der Waals surface area (Å²) >= 11 is 0. The summed E-state index contributed by atoms with van der Waals surface area (Å²) in [6.45, 7) is 7.78. The molecule has 0 aliphatic carbocycles. The van der Waals surface area contributed by atoms with Crippen LogP contribution in [-0.2, 0) is 0 Å². The molecule has 55 valence electrons. The minimum atomic E-state index is 0. The molecule has 0 bridgehead atoms. The molecular formula is C6H18BN2. The van der Waals surface area contributed by atoms with Gasteiger partial charge in [0.1, 0.15) is 0 Å². The molecule has 0 amide bonds. The van der Waals surface area contributed by atoms with E-state index in [1.54, 1.807) is 0 Å². The molecule has 0 fully saturated rings. The Labute approximate surface area is 60.6 Å². The van der Waals surface area contributed by atoms with Crippen LogP contribution in [0.25, 0.3) is 0 Å². The molecule has 0 aliphatic rings. The van der Waals surface area contributed by atoms with Crippen LogP contribution in [0.3, 0.4) is 0 Å². The van der Waals surface area contributed by atoms with Crippen LogP contribution >= 0.6 is 0 Å². The fourth-order valence-electron chi connectivity index (χ4n) is 0. The van der Waals surface area contributed by atoms with Crippen LogP contribution in [0.5, 0.6) is 0 Å². The van der Waals surface area contributed by atoms with Gasteiger partial charge in [-0.2, -0.15) is 0 Å². The van der Waals surface area contributed by atoms with Crippen LogP contribution in [-0.4, -0.2) is 20.5 Å². The first-order valence-electron chi connectivity index (χ1n) is 2.98. The average Bonchev–Trinajstić information content (AvgIpc) is 1.25. The van der Waals surface area contributed by atoms with Crippen LogP contribution in [0.2, 0.25) is 0 Å². The zero-order valence-electron chi connectivity index (χ0n) is 6.89. The lowest BCUT2D eigenvalue weighted by atomic mass is 10.4. The van der Waals surface area contributed by atoms with Gasteiger partial charge in [0.25, 0.3) is 0 Å². The second-order valence-electron chi connectivity index (χ2n) is 2.49. The molecule has 0 saturated heterocycles. The largest absolute Gasteiger partial charge is 0.328 e. The van der Waals surface area contributed by atoms with Crippen molar-refractivity contribution in [3.63, 3.8) is 0 Å². The Balaban J connectivity index is -0.0000000720. The Morgan fingerprint density at radius 1 is 0.778 bits per heavy atom. The maximum atomic E-state index is 5.11. The highest BCUT2D eigenvalue weighted by Gasteiger charge is 1.67. The van der Waals surface area contributed by atoms with Gasteiger partial charge in [0.2, 0.25) is 0 Å². The van der Waals surface area contributed by atoms with E-state index in [4.69, 9.17) is 11.5 Å². The summed E-state index contributed by atoms with van der Waals surface area (Å²) in [6, 6.07) is 0.667. The molecular weight excluding hydrogens is 111 g/mol. The molecule has 0 aromatic rings. The molecule has 0 aliphatic heterocycles. The Hall–Kier alpha value is -0.0151. The molecule has 0 aromatic carbocycles. The molecule has 0 rings (SSSR count). The molecule has 3 radical (unpaired) electrons. The van der Waals surface area contributed by atoms with Gasteiger partial charge in [-0.1, -0.05) is 27.7 Å². The van der Waals surface area contributed by atoms with Gasteiger partial charge in [0.05, 0.1) is 0 Å². The standard InChI is InChI=1S/2C3H9N.B/c2*1-3(2)4;/h2*3H,4H2,1-2H3;. The fraction of sp³-hybridized carbons (Fsp3) is 1.00. The highest BCUT2D eigenvalue weighted by atomic mass is 14.6. The van der Waals surface area contributed by atoms with Gasteiger partial charge < -0.3 is 11.5 Å². The molecule has 2 nitrogen and oxygen atoms in total. The Bertz CT molecular complexity index is 26.5. The SMILES string of the molecule is CC(C)N.CC(C)N.[B]. The summed E-state index contributed by atoms with van der Waals surface area (Å²) in [6.07, 6.45) is 0. The van der Waals surface area contributed by atoms with Crippen molar-refractivity contribution in [1.29, 1.82) is 0 Å². The molecule has 4 N–H and O–H groups in total. The predicted octanol–water partition coefficient (Wildman–Crippen LogP) is 0.326. The second-order valence-corrected chi connectivity index (χ2v) is 2.49. The maximum Gasteiger partial charge on any atom is 0 e. The summed E-state index contributed by atoms with van der Waals surface area (Å²) < 4.78 is 0. The van der Waals surface area contributed by atoms with E-state index >= 15 is 0 Å². The topological polar surface area (TPSA) is 52.0 Å². The molecule has 0 atom stereocenters. The molecule has 3 heteroatoms. The van der Waals surface area contributed by atoms with Crippen LogP contribution in [0.15, 0.2) is 0 Å². The maximum absolute atomic E-state index is 5.11. The van der Waals surface area contributed by atoms with E-state index in [0.717, 1.165) is 0 Å². The number of hydrogen-bond acceptors (Lipinski definition) is 2. The molecule has 0 heterocycles. The van der Waals surface area contributed by atoms with Gasteiger partial charge in [-0.25, -0.2) is 0 Å². The first-order chi connectivity index (χ1) is 3.46. The van der Waals surface area contributed by atoms with Crippen molar-refractivity contribution in [3.8, 4) is 0 Å². The minimum Gasteiger partial charge on any atom is -0.328 e. The number of nitrogens with two attached hydrogens (primary N) is 2. The van der Waals surface area contributed by atoms with Crippen LogP contribution < -0.4 is 11.5 Å². The summed E-state index contributed by atoms with van der Waals surface area (Å²) in [7, 11) is 0. The zero-order chi connectivity index (χ0) is 7.15. The summed E-state index contributed by atoms with van der Waals surface area (Å²) in [4.78, 5) is 0. The van der Waals surface area contributed by atoms with Gasteiger partial charge >= 0.3 is 0 Å². The van der Waals surface area contributed by atoms with E-state index in [1.165, 1.54) is 0 Å². The van der Waals surface area contributed by atoms with Crippen molar-refractivity contribution < 1.29 is 0 Å². The third-order valence-corrected chi connectivity index (χ3v) is 0. The second kappa shape index (κ2) is 10.9. The van der Waals surface area contributed by atoms with E-state index in [2.05, 4.69) is 0 Å². The van der Waals surface area contributed by atoms with E-state index in [0.29, 0.717) is 12.1 Å². The lowest BCUT2D eigenvalue weighted by molar-refractivity contribution is 0.834. The van der Waals surface area contributed by atoms with Crippen molar-refractivity contribution in [1.82, 2.24) is 0 Å². The first-order valence-corrected chi connectivity index (χ1v) is 2.98.